The third kappa shape index (κ3) is 1.96. The average Bonchev–Trinajstić information content (AvgIpc) is 1.89. The van der Waals surface area contributed by atoms with Crippen molar-refractivity contribution in [3.8, 4) is 0 Å². The molecule has 1 nitrogen and oxygen atoms in total. The monoisotopic (exact) mass is 345 g/mol. The van der Waals surface area contributed by atoms with Crippen LogP contribution in [0.25, 0.3) is 0 Å². The van der Waals surface area contributed by atoms with E-state index in [2.05, 4.69) is 55.1 Å². The second kappa shape index (κ2) is 3.60. The highest BCUT2D eigenvalue weighted by molar-refractivity contribution is 14.1. The number of rotatable bonds is 1. The van der Waals surface area contributed by atoms with Gasteiger partial charge in [0.1, 0.15) is 0 Å². The molecular formula is C6H5I2N. The van der Waals surface area contributed by atoms with Crippen LogP contribution in [0.5, 0.6) is 0 Å². The Hall–Kier alpha value is 0.480. The molecule has 0 atom stereocenters. The maximum atomic E-state index is 3.06. The minimum atomic E-state index is 1.18. The fraction of sp³-hybridized carbons (Fsp3) is 0. The molecule has 1 aromatic carbocycles. The average molecular weight is 345 g/mol. The molecule has 9 heavy (non-hydrogen) atoms. The lowest BCUT2D eigenvalue weighted by molar-refractivity contribution is 1.64. The summed E-state index contributed by atoms with van der Waals surface area (Å²) in [6.45, 7) is 0. The Morgan fingerprint density at radius 3 is 2.33 bits per heavy atom. The van der Waals surface area contributed by atoms with Gasteiger partial charge in [-0.2, -0.15) is 0 Å². The molecule has 0 saturated carbocycles. The lowest BCUT2D eigenvalue weighted by Crippen LogP contribution is -1.81. The Morgan fingerprint density at radius 2 is 1.89 bits per heavy atom. The van der Waals surface area contributed by atoms with Crippen LogP contribution in [0.2, 0.25) is 0 Å². The minimum absolute atomic E-state index is 1.18. The van der Waals surface area contributed by atoms with E-state index in [4.69, 9.17) is 0 Å². The Balaban J connectivity index is 3.01. The predicted octanol–water partition coefficient (Wildman–Crippen LogP) is 3.05. The highest BCUT2D eigenvalue weighted by Gasteiger charge is 1.91. The van der Waals surface area contributed by atoms with Crippen LogP contribution in [0.4, 0.5) is 5.69 Å². The molecule has 0 bridgehead atoms. The van der Waals surface area contributed by atoms with E-state index in [9.17, 15) is 0 Å². The first kappa shape index (κ1) is 7.59. The highest BCUT2D eigenvalue weighted by Crippen LogP contribution is 2.17. The number of halogens is 2. The van der Waals surface area contributed by atoms with Crippen molar-refractivity contribution < 1.29 is 0 Å². The van der Waals surface area contributed by atoms with Crippen molar-refractivity contribution in [2.24, 2.45) is 0 Å². The van der Waals surface area contributed by atoms with Gasteiger partial charge in [0.15, 0.2) is 0 Å². The van der Waals surface area contributed by atoms with Crippen LogP contribution >= 0.6 is 45.5 Å². The Kier molecular flexibility index (Phi) is 3.03. The zero-order chi connectivity index (χ0) is 6.69. The molecule has 0 amide bonds. The van der Waals surface area contributed by atoms with Gasteiger partial charge in [-0.15, -0.1) is 0 Å². The van der Waals surface area contributed by atoms with Gasteiger partial charge in [-0.25, -0.2) is 0 Å². The lowest BCUT2D eigenvalue weighted by atomic mass is 10.3. The molecule has 3 heteroatoms. The van der Waals surface area contributed by atoms with Crippen LogP contribution in [0.15, 0.2) is 24.3 Å². The zero-order valence-corrected chi connectivity index (χ0v) is 8.88. The number of hydrogen-bond acceptors (Lipinski definition) is 1. The molecule has 48 valence electrons. The summed E-state index contributed by atoms with van der Waals surface area (Å²) in [5, 5.41) is 0. The van der Waals surface area contributed by atoms with E-state index in [0.29, 0.717) is 0 Å². The number of anilines is 1. The second-order valence-electron chi connectivity index (χ2n) is 1.57. The van der Waals surface area contributed by atoms with E-state index < -0.39 is 0 Å². The topological polar surface area (TPSA) is 12.0 Å². The standard InChI is InChI=1S/C6H5I2N/c7-5-3-1-2-4-6(5)9-8/h1-4,9H. The summed E-state index contributed by atoms with van der Waals surface area (Å²) in [5.41, 5.74) is 1.18. The Morgan fingerprint density at radius 1 is 1.22 bits per heavy atom. The first-order valence-electron chi connectivity index (χ1n) is 2.46. The van der Waals surface area contributed by atoms with Crippen molar-refractivity contribution in [2.45, 2.75) is 0 Å². The SMILES string of the molecule is INc1ccccc1I. The first-order chi connectivity index (χ1) is 4.34. The maximum absolute atomic E-state index is 3.06. The number of benzene rings is 1. The largest absolute Gasteiger partial charge is 0.327 e. The summed E-state index contributed by atoms with van der Waals surface area (Å²) >= 11 is 4.42. The molecule has 0 heterocycles. The van der Waals surface area contributed by atoms with Gasteiger partial charge in [-0.3, -0.25) is 0 Å². The molecule has 0 spiro atoms. The minimum Gasteiger partial charge on any atom is -0.327 e. The van der Waals surface area contributed by atoms with E-state index in [1.54, 1.807) is 0 Å². The maximum Gasteiger partial charge on any atom is 0.0562 e. The van der Waals surface area contributed by atoms with E-state index >= 15 is 0 Å². The van der Waals surface area contributed by atoms with Gasteiger partial charge >= 0.3 is 0 Å². The third-order valence-electron chi connectivity index (χ3n) is 0.976. The van der Waals surface area contributed by atoms with Gasteiger partial charge in [0, 0.05) is 3.57 Å². The fourth-order valence-electron chi connectivity index (χ4n) is 0.538. The van der Waals surface area contributed by atoms with Crippen molar-refractivity contribution in [3.05, 3.63) is 27.8 Å². The van der Waals surface area contributed by atoms with Crippen molar-refractivity contribution in [1.82, 2.24) is 0 Å². The molecule has 0 aliphatic rings. The van der Waals surface area contributed by atoms with Gasteiger partial charge in [-0.1, -0.05) is 12.1 Å². The van der Waals surface area contributed by atoms with Gasteiger partial charge in [0.05, 0.1) is 28.6 Å². The molecule has 1 rings (SSSR count). The van der Waals surface area contributed by atoms with Crippen molar-refractivity contribution in [3.63, 3.8) is 0 Å². The number of para-hydroxylation sites is 1. The van der Waals surface area contributed by atoms with Crippen molar-refractivity contribution in [2.75, 3.05) is 3.53 Å². The summed E-state index contributed by atoms with van der Waals surface area (Å²) in [4.78, 5) is 0. The van der Waals surface area contributed by atoms with E-state index in [1.165, 1.54) is 9.26 Å². The molecule has 0 fully saturated rings. The number of nitrogens with one attached hydrogen (secondary N) is 1. The van der Waals surface area contributed by atoms with Crippen molar-refractivity contribution >= 4 is 51.1 Å². The molecule has 0 aliphatic carbocycles. The van der Waals surface area contributed by atoms with E-state index in [1.807, 2.05) is 18.2 Å². The summed E-state index contributed by atoms with van der Waals surface area (Å²) < 4.78 is 4.31. The van der Waals surface area contributed by atoms with Gasteiger partial charge in [-0.05, 0) is 34.7 Å². The molecule has 1 N–H and O–H groups in total. The number of hydrogen-bond donors (Lipinski definition) is 1. The van der Waals surface area contributed by atoms with Gasteiger partial charge in [0.25, 0.3) is 0 Å². The van der Waals surface area contributed by atoms with Gasteiger partial charge in [0.2, 0.25) is 0 Å². The Bertz CT molecular complexity index is 200. The predicted molar refractivity (Wildman–Crippen MR) is 56.8 cm³/mol. The Labute approximate surface area is 81.9 Å². The summed E-state index contributed by atoms with van der Waals surface area (Å²) in [6.07, 6.45) is 0. The molecule has 0 radical (unpaired) electrons. The molecule has 0 aromatic heterocycles. The van der Waals surface area contributed by atoms with Crippen LogP contribution in [0.1, 0.15) is 0 Å². The van der Waals surface area contributed by atoms with E-state index in [-0.39, 0.29) is 0 Å². The molecule has 0 saturated heterocycles. The van der Waals surface area contributed by atoms with E-state index in [0.717, 1.165) is 0 Å². The summed E-state index contributed by atoms with van der Waals surface area (Å²) in [6, 6.07) is 8.16. The second-order valence-corrected chi connectivity index (χ2v) is 3.28. The zero-order valence-electron chi connectivity index (χ0n) is 4.57. The summed E-state index contributed by atoms with van der Waals surface area (Å²) in [5.74, 6) is 0. The van der Waals surface area contributed by atoms with Crippen LogP contribution in [0, 0.1) is 3.57 Å². The van der Waals surface area contributed by atoms with Crippen LogP contribution in [-0.4, -0.2) is 0 Å². The summed E-state index contributed by atoms with van der Waals surface area (Å²) in [7, 11) is 0. The van der Waals surface area contributed by atoms with Crippen molar-refractivity contribution in [1.29, 1.82) is 0 Å². The normalized spacial score (nSPS) is 9.11. The lowest BCUT2D eigenvalue weighted by Gasteiger charge is -1.98. The molecule has 0 unspecified atom stereocenters. The van der Waals surface area contributed by atoms with Crippen LogP contribution in [0.3, 0.4) is 0 Å². The molecule has 1 aromatic rings. The molecular weight excluding hydrogens is 340 g/mol. The highest BCUT2D eigenvalue weighted by atomic mass is 127. The first-order valence-corrected chi connectivity index (χ1v) is 4.61. The van der Waals surface area contributed by atoms with Gasteiger partial charge < -0.3 is 3.53 Å². The van der Waals surface area contributed by atoms with Crippen LogP contribution in [-0.2, 0) is 0 Å². The third-order valence-corrected chi connectivity index (χ3v) is 2.50. The fourth-order valence-corrected chi connectivity index (χ4v) is 2.05. The quantitative estimate of drug-likeness (QED) is 0.610. The van der Waals surface area contributed by atoms with Crippen LogP contribution < -0.4 is 3.53 Å². The smallest absolute Gasteiger partial charge is 0.0562 e. The molecule has 0 aliphatic heterocycles.